The Hall–Kier alpha value is -1.85. The first kappa shape index (κ1) is 12.2. The van der Waals surface area contributed by atoms with E-state index < -0.39 is 23.4 Å². The van der Waals surface area contributed by atoms with E-state index in [-0.39, 0.29) is 0 Å². The zero-order valence-corrected chi connectivity index (χ0v) is 10.6. The van der Waals surface area contributed by atoms with Gasteiger partial charge in [-0.25, -0.2) is 4.79 Å². The average molecular weight is 262 g/mol. The highest BCUT2D eigenvalue weighted by atomic mass is 16.5. The number of aliphatic hydroxyl groups excluding tert-OH is 1. The molecule has 0 spiro atoms. The minimum Gasteiger partial charge on any atom is -0.480 e. The normalized spacial score (nSPS) is 22.3. The van der Waals surface area contributed by atoms with E-state index in [1.165, 1.54) is 6.07 Å². The molecule has 0 fully saturated rings. The van der Waals surface area contributed by atoms with E-state index in [4.69, 9.17) is 9.15 Å². The number of aliphatic hydroxyl groups is 2. The van der Waals surface area contributed by atoms with Gasteiger partial charge in [0.1, 0.15) is 6.10 Å². The molecule has 1 aromatic heterocycles. The molecular weight excluding hydrogens is 248 g/mol. The lowest BCUT2D eigenvalue weighted by Crippen LogP contribution is -2.41. The maximum absolute atomic E-state index is 11.3. The van der Waals surface area contributed by atoms with Crippen LogP contribution in [0.3, 0.4) is 0 Å². The molecule has 2 atom stereocenters. The molecule has 1 aliphatic heterocycles. The zero-order chi connectivity index (χ0) is 13.8. The lowest BCUT2D eigenvalue weighted by atomic mass is 9.94. The second-order valence-corrected chi connectivity index (χ2v) is 5.29. The van der Waals surface area contributed by atoms with Crippen molar-refractivity contribution in [3.63, 3.8) is 0 Å². The summed E-state index contributed by atoms with van der Waals surface area (Å²) in [6.07, 6.45) is -1.75. The number of hydrogen-bond acceptors (Lipinski definition) is 5. The number of hydrogen-bond donors (Lipinski definition) is 2. The van der Waals surface area contributed by atoms with Gasteiger partial charge in [0, 0.05) is 17.0 Å². The Morgan fingerprint density at radius 2 is 1.89 bits per heavy atom. The van der Waals surface area contributed by atoms with E-state index in [1.54, 1.807) is 32.0 Å². The Kier molecular flexibility index (Phi) is 2.45. The van der Waals surface area contributed by atoms with Crippen molar-refractivity contribution in [2.24, 2.45) is 0 Å². The van der Waals surface area contributed by atoms with Gasteiger partial charge in [0.25, 0.3) is 0 Å². The van der Waals surface area contributed by atoms with Crippen LogP contribution < -0.4 is 10.4 Å². The molecule has 2 heterocycles. The van der Waals surface area contributed by atoms with Gasteiger partial charge in [-0.05, 0) is 19.9 Å². The molecule has 0 aliphatic carbocycles. The standard InChI is InChI=1S/C14H14O5/c1-14(2,17)13-10(16)8-5-3-7-4-6-9(15)18-11(7)12(8)19-13/h3-6,10,13,16-17H,1-2H3. The van der Waals surface area contributed by atoms with E-state index in [9.17, 15) is 15.0 Å². The highest BCUT2D eigenvalue weighted by Crippen LogP contribution is 2.44. The Labute approximate surface area is 109 Å². The molecule has 0 radical (unpaired) electrons. The van der Waals surface area contributed by atoms with Crippen LogP contribution in [0.25, 0.3) is 11.0 Å². The quantitative estimate of drug-likeness (QED) is 0.758. The van der Waals surface area contributed by atoms with Gasteiger partial charge >= 0.3 is 5.63 Å². The molecule has 5 nitrogen and oxygen atoms in total. The smallest absolute Gasteiger partial charge is 0.336 e. The summed E-state index contributed by atoms with van der Waals surface area (Å²) in [7, 11) is 0. The minimum absolute atomic E-state index is 0.302. The molecule has 3 rings (SSSR count). The molecule has 19 heavy (non-hydrogen) atoms. The summed E-state index contributed by atoms with van der Waals surface area (Å²) in [5, 5.41) is 20.9. The van der Waals surface area contributed by atoms with Crippen LogP contribution in [-0.4, -0.2) is 21.9 Å². The highest BCUT2D eigenvalue weighted by molar-refractivity contribution is 5.84. The van der Waals surface area contributed by atoms with E-state index in [2.05, 4.69) is 0 Å². The molecule has 100 valence electrons. The maximum atomic E-state index is 11.3. The summed E-state index contributed by atoms with van der Waals surface area (Å²) in [5.74, 6) is 0.329. The van der Waals surface area contributed by atoms with Gasteiger partial charge < -0.3 is 19.4 Å². The third-order valence-corrected chi connectivity index (χ3v) is 3.32. The molecule has 0 saturated heterocycles. The molecule has 1 aliphatic rings. The third kappa shape index (κ3) is 1.82. The number of fused-ring (bicyclic) bond motifs is 3. The van der Waals surface area contributed by atoms with E-state index in [1.807, 2.05) is 0 Å². The largest absolute Gasteiger partial charge is 0.480 e. The van der Waals surface area contributed by atoms with Crippen molar-refractivity contribution in [1.29, 1.82) is 0 Å². The molecule has 1 aromatic carbocycles. The lowest BCUT2D eigenvalue weighted by Gasteiger charge is -2.27. The predicted molar refractivity (Wildman–Crippen MR) is 68.2 cm³/mol. The second kappa shape index (κ2) is 3.82. The van der Waals surface area contributed by atoms with Crippen LogP contribution >= 0.6 is 0 Å². The van der Waals surface area contributed by atoms with E-state index in [0.29, 0.717) is 22.3 Å². The monoisotopic (exact) mass is 262 g/mol. The van der Waals surface area contributed by atoms with Crippen LogP contribution in [0.1, 0.15) is 25.5 Å². The van der Waals surface area contributed by atoms with Gasteiger partial charge in [-0.1, -0.05) is 12.1 Å². The van der Waals surface area contributed by atoms with Gasteiger partial charge in [0.05, 0.1) is 5.60 Å². The van der Waals surface area contributed by atoms with Gasteiger partial charge in [-0.15, -0.1) is 0 Å². The van der Waals surface area contributed by atoms with Crippen LogP contribution in [0.4, 0.5) is 0 Å². The summed E-state index contributed by atoms with van der Waals surface area (Å²) in [5.41, 5.74) is -0.865. The van der Waals surface area contributed by atoms with Crippen LogP contribution in [0.5, 0.6) is 5.75 Å². The van der Waals surface area contributed by atoms with Crippen molar-refractivity contribution < 1.29 is 19.4 Å². The summed E-state index contributed by atoms with van der Waals surface area (Å²) < 4.78 is 10.8. The first-order chi connectivity index (χ1) is 8.88. The van der Waals surface area contributed by atoms with Gasteiger partial charge in [0.2, 0.25) is 0 Å². The van der Waals surface area contributed by atoms with Crippen molar-refractivity contribution in [2.75, 3.05) is 0 Å². The Balaban J connectivity index is 2.22. The molecule has 2 aromatic rings. The second-order valence-electron chi connectivity index (χ2n) is 5.29. The first-order valence-corrected chi connectivity index (χ1v) is 6.02. The number of ether oxygens (including phenoxy) is 1. The molecule has 2 unspecified atom stereocenters. The first-order valence-electron chi connectivity index (χ1n) is 6.02. The molecule has 0 saturated carbocycles. The number of benzene rings is 1. The fourth-order valence-corrected chi connectivity index (χ4v) is 2.36. The van der Waals surface area contributed by atoms with Crippen molar-refractivity contribution in [3.8, 4) is 5.75 Å². The van der Waals surface area contributed by atoms with Crippen LogP contribution in [-0.2, 0) is 0 Å². The minimum atomic E-state index is -1.21. The summed E-state index contributed by atoms with van der Waals surface area (Å²) >= 11 is 0. The van der Waals surface area contributed by atoms with Gasteiger partial charge in [-0.3, -0.25) is 0 Å². The average Bonchev–Trinajstić information content (AvgIpc) is 2.67. The third-order valence-electron chi connectivity index (χ3n) is 3.32. The van der Waals surface area contributed by atoms with Crippen molar-refractivity contribution in [3.05, 3.63) is 40.2 Å². The van der Waals surface area contributed by atoms with E-state index >= 15 is 0 Å². The molecule has 2 N–H and O–H groups in total. The van der Waals surface area contributed by atoms with E-state index in [0.717, 1.165) is 0 Å². The highest BCUT2D eigenvalue weighted by Gasteiger charge is 2.43. The Morgan fingerprint density at radius 3 is 2.58 bits per heavy atom. The topological polar surface area (TPSA) is 79.9 Å². The summed E-state index contributed by atoms with van der Waals surface area (Å²) in [6, 6.07) is 6.42. The summed E-state index contributed by atoms with van der Waals surface area (Å²) in [4.78, 5) is 11.3. The molecule has 5 heteroatoms. The fourth-order valence-electron chi connectivity index (χ4n) is 2.36. The van der Waals surface area contributed by atoms with Crippen LogP contribution in [0, 0.1) is 0 Å². The summed E-state index contributed by atoms with van der Waals surface area (Å²) in [6.45, 7) is 3.12. The van der Waals surface area contributed by atoms with Gasteiger partial charge in [0.15, 0.2) is 17.4 Å². The molecular formula is C14H14O5. The lowest BCUT2D eigenvalue weighted by molar-refractivity contribution is -0.0761. The zero-order valence-electron chi connectivity index (χ0n) is 10.6. The Morgan fingerprint density at radius 1 is 1.21 bits per heavy atom. The number of rotatable bonds is 1. The maximum Gasteiger partial charge on any atom is 0.336 e. The molecule has 0 bridgehead atoms. The predicted octanol–water partition coefficient (Wildman–Crippen LogP) is 1.36. The van der Waals surface area contributed by atoms with Crippen LogP contribution in [0.2, 0.25) is 0 Å². The van der Waals surface area contributed by atoms with Crippen molar-refractivity contribution in [1.82, 2.24) is 0 Å². The van der Waals surface area contributed by atoms with Crippen molar-refractivity contribution >= 4 is 11.0 Å². The Bertz CT molecular complexity index is 695. The van der Waals surface area contributed by atoms with Crippen molar-refractivity contribution in [2.45, 2.75) is 31.7 Å². The van der Waals surface area contributed by atoms with Crippen LogP contribution in [0.15, 0.2) is 33.5 Å². The molecule has 0 amide bonds. The fraction of sp³-hybridized carbons (Fsp3) is 0.357. The van der Waals surface area contributed by atoms with Gasteiger partial charge in [-0.2, -0.15) is 0 Å². The SMILES string of the molecule is CC(C)(O)C1Oc2c(ccc3ccc(=O)oc23)C1O.